The standard InChI is InChI=1S/C18H18F2N2O5S/c1-11(22-28(25,26)16-9-4-3-8-15(16)20)18(24)27-12(2)17(23)21-14-7-5-6-13(19)10-14/h3-12,22H,1-2H3,(H,21,23)/t11-,12-/m0/s1. The van der Waals surface area contributed by atoms with Gasteiger partial charge in [-0.25, -0.2) is 17.2 Å². The quantitative estimate of drug-likeness (QED) is 0.679. The largest absolute Gasteiger partial charge is 0.451 e. The van der Waals surface area contributed by atoms with Crippen molar-refractivity contribution in [3.63, 3.8) is 0 Å². The summed E-state index contributed by atoms with van der Waals surface area (Å²) >= 11 is 0. The molecule has 150 valence electrons. The van der Waals surface area contributed by atoms with Crippen LogP contribution in [0.4, 0.5) is 14.5 Å². The fraction of sp³-hybridized carbons (Fsp3) is 0.222. The van der Waals surface area contributed by atoms with Crippen molar-refractivity contribution in [1.29, 1.82) is 0 Å². The molecule has 0 aliphatic heterocycles. The predicted octanol–water partition coefficient (Wildman–Crippen LogP) is 2.20. The highest BCUT2D eigenvalue weighted by Crippen LogP contribution is 2.14. The van der Waals surface area contributed by atoms with Crippen LogP contribution in [0.25, 0.3) is 0 Å². The Kier molecular flexibility index (Phi) is 6.81. The summed E-state index contributed by atoms with van der Waals surface area (Å²) in [6, 6.07) is 8.40. The van der Waals surface area contributed by atoms with Gasteiger partial charge >= 0.3 is 5.97 Å². The molecule has 0 aliphatic carbocycles. The van der Waals surface area contributed by atoms with Crippen molar-refractivity contribution in [2.75, 3.05) is 5.32 Å². The number of hydrogen-bond donors (Lipinski definition) is 2. The van der Waals surface area contributed by atoms with Crippen LogP contribution < -0.4 is 10.0 Å². The normalized spacial score (nSPS) is 13.4. The number of sulfonamides is 1. The van der Waals surface area contributed by atoms with Crippen LogP contribution in [0, 0.1) is 11.6 Å². The lowest BCUT2D eigenvalue weighted by Gasteiger charge is -2.18. The number of nitrogens with one attached hydrogen (secondary N) is 2. The van der Waals surface area contributed by atoms with Gasteiger partial charge in [0.1, 0.15) is 22.6 Å². The number of amides is 1. The van der Waals surface area contributed by atoms with Crippen LogP contribution in [0.5, 0.6) is 0 Å². The number of rotatable bonds is 7. The van der Waals surface area contributed by atoms with E-state index in [1.807, 2.05) is 4.72 Å². The average Bonchev–Trinajstić information content (AvgIpc) is 2.61. The Hall–Kier alpha value is -2.85. The van der Waals surface area contributed by atoms with Gasteiger partial charge in [-0.3, -0.25) is 9.59 Å². The van der Waals surface area contributed by atoms with E-state index in [0.29, 0.717) is 0 Å². The van der Waals surface area contributed by atoms with E-state index in [1.165, 1.54) is 44.2 Å². The topological polar surface area (TPSA) is 102 Å². The molecule has 0 bridgehead atoms. The zero-order valence-corrected chi connectivity index (χ0v) is 15.8. The van der Waals surface area contributed by atoms with E-state index in [9.17, 15) is 26.8 Å². The molecule has 0 aromatic heterocycles. The Morgan fingerprint density at radius 2 is 1.71 bits per heavy atom. The van der Waals surface area contributed by atoms with Gasteiger partial charge in [-0.1, -0.05) is 18.2 Å². The van der Waals surface area contributed by atoms with E-state index in [4.69, 9.17) is 4.74 Å². The van der Waals surface area contributed by atoms with Crippen LogP contribution >= 0.6 is 0 Å². The molecule has 10 heteroatoms. The maximum atomic E-state index is 13.7. The first-order chi connectivity index (χ1) is 13.1. The number of anilines is 1. The summed E-state index contributed by atoms with van der Waals surface area (Å²) in [4.78, 5) is 23.5. The monoisotopic (exact) mass is 412 g/mol. The lowest BCUT2D eigenvalue weighted by Crippen LogP contribution is -2.42. The van der Waals surface area contributed by atoms with Crippen LogP contribution in [0.3, 0.4) is 0 Å². The third kappa shape index (κ3) is 5.57. The second-order valence-electron chi connectivity index (χ2n) is 5.85. The smallest absolute Gasteiger partial charge is 0.324 e. The van der Waals surface area contributed by atoms with Crippen LogP contribution in [-0.4, -0.2) is 32.4 Å². The molecule has 2 atom stereocenters. The Bertz CT molecular complexity index is 981. The third-order valence-electron chi connectivity index (χ3n) is 3.57. The maximum Gasteiger partial charge on any atom is 0.324 e. The molecule has 0 fully saturated rings. The Balaban J connectivity index is 1.97. The van der Waals surface area contributed by atoms with Gasteiger partial charge in [0.15, 0.2) is 6.10 Å². The van der Waals surface area contributed by atoms with Crippen LogP contribution in [0.15, 0.2) is 53.4 Å². The minimum Gasteiger partial charge on any atom is -0.451 e. The first-order valence-electron chi connectivity index (χ1n) is 8.14. The van der Waals surface area contributed by atoms with Crippen LogP contribution in [0.2, 0.25) is 0 Å². The van der Waals surface area contributed by atoms with Gasteiger partial charge in [0.25, 0.3) is 5.91 Å². The zero-order chi connectivity index (χ0) is 20.9. The molecular weight excluding hydrogens is 394 g/mol. The number of carbonyl (C=O) groups excluding carboxylic acids is 2. The number of hydrogen-bond acceptors (Lipinski definition) is 5. The molecule has 0 heterocycles. The fourth-order valence-corrected chi connectivity index (χ4v) is 3.42. The second-order valence-corrected chi connectivity index (χ2v) is 7.53. The van der Waals surface area contributed by atoms with Crippen molar-refractivity contribution in [3.8, 4) is 0 Å². The first-order valence-corrected chi connectivity index (χ1v) is 9.62. The van der Waals surface area contributed by atoms with Gasteiger partial charge in [0.05, 0.1) is 0 Å². The van der Waals surface area contributed by atoms with Crippen LogP contribution in [-0.2, 0) is 24.3 Å². The highest BCUT2D eigenvalue weighted by Gasteiger charge is 2.27. The summed E-state index contributed by atoms with van der Waals surface area (Å²) in [7, 11) is -4.31. The van der Waals surface area contributed by atoms with Gasteiger partial charge in [-0.15, -0.1) is 0 Å². The highest BCUT2D eigenvalue weighted by molar-refractivity contribution is 7.89. The van der Waals surface area contributed by atoms with E-state index < -0.39 is 50.6 Å². The molecule has 2 rings (SSSR count). The average molecular weight is 412 g/mol. The molecule has 0 unspecified atom stereocenters. The first kappa shape index (κ1) is 21.5. The van der Waals surface area contributed by atoms with Crippen molar-refractivity contribution < 1.29 is 31.5 Å². The van der Waals surface area contributed by atoms with E-state index in [2.05, 4.69) is 5.32 Å². The second kappa shape index (κ2) is 8.89. The van der Waals surface area contributed by atoms with Crippen molar-refractivity contribution in [1.82, 2.24) is 4.72 Å². The minimum atomic E-state index is -4.31. The number of benzene rings is 2. The predicted molar refractivity (Wildman–Crippen MR) is 96.8 cm³/mol. The maximum absolute atomic E-state index is 13.7. The molecular formula is C18H18F2N2O5S. The summed E-state index contributed by atoms with van der Waals surface area (Å²) in [5, 5.41) is 2.36. The van der Waals surface area contributed by atoms with E-state index >= 15 is 0 Å². The zero-order valence-electron chi connectivity index (χ0n) is 15.0. The van der Waals surface area contributed by atoms with Gasteiger partial charge in [0, 0.05) is 5.69 Å². The van der Waals surface area contributed by atoms with Gasteiger partial charge in [-0.2, -0.15) is 4.72 Å². The molecule has 28 heavy (non-hydrogen) atoms. The Morgan fingerprint density at radius 1 is 1.04 bits per heavy atom. The van der Waals surface area contributed by atoms with Crippen molar-refractivity contribution in [2.24, 2.45) is 0 Å². The van der Waals surface area contributed by atoms with Crippen molar-refractivity contribution in [3.05, 3.63) is 60.2 Å². The van der Waals surface area contributed by atoms with E-state index in [1.54, 1.807) is 0 Å². The van der Waals surface area contributed by atoms with Crippen molar-refractivity contribution in [2.45, 2.75) is 30.9 Å². The number of ether oxygens (including phenoxy) is 1. The van der Waals surface area contributed by atoms with Gasteiger partial charge < -0.3 is 10.1 Å². The third-order valence-corrected chi connectivity index (χ3v) is 5.14. The Morgan fingerprint density at radius 3 is 2.36 bits per heavy atom. The molecule has 0 saturated heterocycles. The number of halogens is 2. The number of carbonyl (C=O) groups is 2. The summed E-state index contributed by atoms with van der Waals surface area (Å²) < 4.78 is 58.1. The molecule has 2 aromatic carbocycles. The molecule has 0 spiro atoms. The Labute approximate surface area is 160 Å². The lowest BCUT2D eigenvalue weighted by atomic mass is 10.3. The fourth-order valence-electron chi connectivity index (χ4n) is 2.15. The van der Waals surface area contributed by atoms with Gasteiger partial charge in [0.2, 0.25) is 10.0 Å². The highest BCUT2D eigenvalue weighted by atomic mass is 32.2. The number of esters is 1. The molecule has 0 aliphatic rings. The molecule has 0 saturated carbocycles. The van der Waals surface area contributed by atoms with Gasteiger partial charge in [-0.05, 0) is 44.2 Å². The molecule has 0 radical (unpaired) electrons. The summed E-state index contributed by atoms with van der Waals surface area (Å²) in [6.07, 6.45) is -1.28. The minimum absolute atomic E-state index is 0.168. The summed E-state index contributed by atoms with van der Waals surface area (Å²) in [5.74, 6) is -3.30. The molecule has 2 aromatic rings. The summed E-state index contributed by atoms with van der Waals surface area (Å²) in [5.41, 5.74) is 0.168. The molecule has 2 N–H and O–H groups in total. The van der Waals surface area contributed by atoms with Crippen molar-refractivity contribution >= 4 is 27.6 Å². The lowest BCUT2D eigenvalue weighted by molar-refractivity contribution is -0.154. The molecule has 7 nitrogen and oxygen atoms in total. The van der Waals surface area contributed by atoms with E-state index in [-0.39, 0.29) is 5.69 Å². The SMILES string of the molecule is C[C@H](NS(=O)(=O)c1ccccc1F)C(=O)O[C@@H](C)C(=O)Nc1cccc(F)c1. The van der Waals surface area contributed by atoms with Crippen LogP contribution in [0.1, 0.15) is 13.8 Å². The summed E-state index contributed by atoms with van der Waals surface area (Å²) in [6.45, 7) is 2.46. The molecule has 1 amide bonds. The van der Waals surface area contributed by atoms with E-state index in [0.717, 1.165) is 18.2 Å².